The summed E-state index contributed by atoms with van der Waals surface area (Å²) >= 11 is 0. The minimum atomic E-state index is -0.0215. The molecule has 0 fully saturated rings. The van der Waals surface area contributed by atoms with Crippen molar-refractivity contribution in [2.24, 2.45) is 5.92 Å². The van der Waals surface area contributed by atoms with Crippen molar-refractivity contribution in [3.63, 3.8) is 0 Å². The molecule has 0 radical (unpaired) electrons. The van der Waals surface area contributed by atoms with E-state index in [0.717, 1.165) is 0 Å². The first-order valence-corrected chi connectivity index (χ1v) is 3.94. The van der Waals surface area contributed by atoms with Crippen LogP contribution < -0.4 is 0 Å². The number of aromatic hydroxyl groups is 1. The molecule has 0 bridgehead atoms. The highest BCUT2D eigenvalue weighted by atomic mass is 16.3. The average Bonchev–Trinajstić information content (AvgIpc) is 2.03. The van der Waals surface area contributed by atoms with E-state index in [2.05, 4.69) is 0 Å². The van der Waals surface area contributed by atoms with Crippen LogP contribution in [0.4, 0.5) is 0 Å². The van der Waals surface area contributed by atoms with Crippen LogP contribution in [0.3, 0.4) is 0 Å². The van der Waals surface area contributed by atoms with E-state index in [4.69, 9.17) is 5.11 Å². The highest BCUT2D eigenvalue weighted by Crippen LogP contribution is 2.14. The van der Waals surface area contributed by atoms with Gasteiger partial charge in [0.25, 0.3) is 0 Å². The largest absolute Gasteiger partial charge is 0.508 e. The summed E-state index contributed by atoms with van der Waals surface area (Å²) in [7, 11) is 0. The molecule has 1 aromatic carbocycles. The highest BCUT2D eigenvalue weighted by molar-refractivity contribution is 5.97. The van der Waals surface area contributed by atoms with Gasteiger partial charge in [-0.1, -0.05) is 26.0 Å². The summed E-state index contributed by atoms with van der Waals surface area (Å²) in [6.45, 7) is 3.68. The molecular weight excluding hydrogens is 152 g/mol. The van der Waals surface area contributed by atoms with E-state index in [0.29, 0.717) is 5.56 Å². The molecule has 0 atom stereocenters. The normalized spacial score (nSPS) is 10.2. The van der Waals surface area contributed by atoms with Gasteiger partial charge in [-0.15, -0.1) is 0 Å². The first kappa shape index (κ1) is 8.78. The summed E-state index contributed by atoms with van der Waals surface area (Å²) < 4.78 is 0. The Kier molecular flexibility index (Phi) is 2.48. The van der Waals surface area contributed by atoms with Crippen LogP contribution in [0.5, 0.6) is 5.75 Å². The van der Waals surface area contributed by atoms with E-state index in [-0.39, 0.29) is 17.5 Å². The molecule has 1 N–H and O–H groups in total. The van der Waals surface area contributed by atoms with Crippen molar-refractivity contribution >= 4 is 5.78 Å². The third kappa shape index (κ3) is 1.84. The van der Waals surface area contributed by atoms with E-state index < -0.39 is 0 Å². The van der Waals surface area contributed by atoms with Crippen molar-refractivity contribution in [1.29, 1.82) is 0 Å². The topological polar surface area (TPSA) is 37.3 Å². The van der Waals surface area contributed by atoms with Gasteiger partial charge in [-0.05, 0) is 12.1 Å². The monoisotopic (exact) mass is 164 g/mol. The first-order valence-electron chi connectivity index (χ1n) is 3.94. The zero-order valence-corrected chi connectivity index (χ0v) is 7.24. The first-order chi connectivity index (χ1) is 5.61. The fourth-order valence-electron chi connectivity index (χ4n) is 0.993. The fraction of sp³-hybridized carbons (Fsp3) is 0.300. The molecule has 0 saturated carbocycles. The van der Waals surface area contributed by atoms with Crippen molar-refractivity contribution in [3.05, 3.63) is 29.8 Å². The fourth-order valence-corrected chi connectivity index (χ4v) is 0.993. The second-order valence-corrected chi connectivity index (χ2v) is 3.07. The Morgan fingerprint density at radius 2 is 2.08 bits per heavy atom. The molecule has 0 aliphatic heterocycles. The summed E-state index contributed by atoms with van der Waals surface area (Å²) in [6, 6.07) is 6.42. The molecule has 0 spiro atoms. The van der Waals surface area contributed by atoms with Gasteiger partial charge in [-0.25, -0.2) is 0 Å². The van der Waals surface area contributed by atoms with E-state index in [1.54, 1.807) is 18.2 Å². The zero-order valence-electron chi connectivity index (χ0n) is 7.24. The van der Waals surface area contributed by atoms with Gasteiger partial charge < -0.3 is 5.11 Å². The highest BCUT2D eigenvalue weighted by Gasteiger charge is 2.09. The number of hydrogen-bond acceptors (Lipinski definition) is 2. The van der Waals surface area contributed by atoms with Crippen LogP contribution >= 0.6 is 0 Å². The van der Waals surface area contributed by atoms with Crippen LogP contribution in [-0.2, 0) is 0 Å². The number of Topliss-reactive ketones (excluding diaryl/α,β-unsaturated/α-hetero) is 1. The van der Waals surface area contributed by atoms with Crippen LogP contribution in [0.25, 0.3) is 0 Å². The Labute approximate surface area is 71.8 Å². The molecule has 2 nitrogen and oxygen atoms in total. The number of carbonyl (C=O) groups is 1. The average molecular weight is 164 g/mol. The van der Waals surface area contributed by atoms with Crippen LogP contribution in [0.2, 0.25) is 0 Å². The van der Waals surface area contributed by atoms with E-state index in [9.17, 15) is 4.79 Å². The van der Waals surface area contributed by atoms with Gasteiger partial charge >= 0.3 is 0 Å². The number of phenolic OH excluding ortho intramolecular Hbond substituents is 1. The van der Waals surface area contributed by atoms with Gasteiger partial charge in [0.1, 0.15) is 5.75 Å². The van der Waals surface area contributed by atoms with E-state index >= 15 is 0 Å². The molecule has 0 aliphatic rings. The van der Waals surface area contributed by atoms with Crippen molar-refractivity contribution < 1.29 is 9.90 Å². The van der Waals surface area contributed by atoms with E-state index in [1.165, 1.54) is 6.07 Å². The number of rotatable bonds is 2. The Balaban J connectivity index is 2.96. The Morgan fingerprint density at radius 3 is 2.58 bits per heavy atom. The number of phenols is 1. The van der Waals surface area contributed by atoms with Crippen molar-refractivity contribution in [2.75, 3.05) is 0 Å². The predicted octanol–water partition coefficient (Wildman–Crippen LogP) is 2.23. The Hall–Kier alpha value is -1.31. The molecule has 0 aromatic heterocycles. The number of benzene rings is 1. The molecule has 2 heteroatoms. The third-order valence-corrected chi connectivity index (χ3v) is 1.66. The summed E-state index contributed by atoms with van der Waals surface area (Å²) in [5.41, 5.74) is 0.574. The second kappa shape index (κ2) is 3.39. The van der Waals surface area contributed by atoms with E-state index in [1.807, 2.05) is 13.8 Å². The predicted molar refractivity (Wildman–Crippen MR) is 47.3 cm³/mol. The molecule has 1 aromatic rings. The molecule has 1 rings (SSSR count). The van der Waals surface area contributed by atoms with Gasteiger partial charge in [-0.3, -0.25) is 4.79 Å². The summed E-state index contributed by atoms with van der Waals surface area (Å²) in [5, 5.41) is 9.09. The lowest BCUT2D eigenvalue weighted by Gasteiger charge is -2.03. The van der Waals surface area contributed by atoms with Crippen molar-refractivity contribution in [2.45, 2.75) is 13.8 Å². The quantitative estimate of drug-likeness (QED) is 0.680. The van der Waals surface area contributed by atoms with Gasteiger partial charge in [0.2, 0.25) is 0 Å². The maximum absolute atomic E-state index is 11.4. The molecule has 64 valence electrons. The zero-order chi connectivity index (χ0) is 9.14. The minimum absolute atomic E-state index is 0.0215. The minimum Gasteiger partial charge on any atom is -0.508 e. The van der Waals surface area contributed by atoms with Gasteiger partial charge in [-0.2, -0.15) is 0 Å². The van der Waals surface area contributed by atoms with Crippen LogP contribution in [0.15, 0.2) is 24.3 Å². The molecule has 0 aliphatic carbocycles. The van der Waals surface area contributed by atoms with Crippen molar-refractivity contribution in [3.8, 4) is 5.75 Å². The molecule has 0 unspecified atom stereocenters. The molecule has 12 heavy (non-hydrogen) atoms. The Morgan fingerprint density at radius 1 is 1.42 bits per heavy atom. The SMILES string of the molecule is CC(C)C(=O)c1cccc(O)c1. The second-order valence-electron chi connectivity index (χ2n) is 3.07. The maximum Gasteiger partial charge on any atom is 0.165 e. The number of ketones is 1. The lowest BCUT2D eigenvalue weighted by Crippen LogP contribution is -2.06. The van der Waals surface area contributed by atoms with Crippen LogP contribution in [0, 0.1) is 5.92 Å². The molecular formula is C10H12O2. The van der Waals surface area contributed by atoms with Crippen molar-refractivity contribution in [1.82, 2.24) is 0 Å². The molecule has 0 saturated heterocycles. The lowest BCUT2D eigenvalue weighted by atomic mass is 10.0. The summed E-state index contributed by atoms with van der Waals surface area (Å²) in [6.07, 6.45) is 0. The standard InChI is InChI=1S/C10H12O2/c1-7(2)10(12)8-4-3-5-9(11)6-8/h3-7,11H,1-2H3. The molecule has 0 amide bonds. The number of carbonyl (C=O) groups excluding carboxylic acids is 1. The lowest BCUT2D eigenvalue weighted by molar-refractivity contribution is 0.0939. The maximum atomic E-state index is 11.4. The van der Waals surface area contributed by atoms with Gasteiger partial charge in [0.05, 0.1) is 0 Å². The van der Waals surface area contributed by atoms with Gasteiger partial charge in [0, 0.05) is 11.5 Å². The summed E-state index contributed by atoms with van der Waals surface area (Å²) in [4.78, 5) is 11.4. The van der Waals surface area contributed by atoms with Crippen LogP contribution in [-0.4, -0.2) is 10.9 Å². The summed E-state index contributed by atoms with van der Waals surface area (Å²) in [5.74, 6) is 0.180. The Bertz CT molecular complexity index is 290. The number of hydrogen-bond donors (Lipinski definition) is 1. The third-order valence-electron chi connectivity index (χ3n) is 1.66. The van der Waals surface area contributed by atoms with Crippen LogP contribution in [0.1, 0.15) is 24.2 Å². The molecule has 0 heterocycles. The van der Waals surface area contributed by atoms with Gasteiger partial charge in [0.15, 0.2) is 5.78 Å². The smallest absolute Gasteiger partial charge is 0.165 e.